The van der Waals surface area contributed by atoms with Gasteiger partial charge in [0.05, 0.1) is 17.5 Å². The minimum atomic E-state index is -0.138. The van der Waals surface area contributed by atoms with Crippen molar-refractivity contribution in [2.75, 3.05) is 19.7 Å². The predicted molar refractivity (Wildman–Crippen MR) is 89.9 cm³/mol. The van der Waals surface area contributed by atoms with E-state index in [4.69, 9.17) is 0 Å². The number of aliphatic hydroxyl groups is 1. The van der Waals surface area contributed by atoms with Gasteiger partial charge in [0.25, 0.3) is 0 Å². The molecule has 7 heteroatoms. The molecule has 1 atom stereocenters. The summed E-state index contributed by atoms with van der Waals surface area (Å²) in [5.74, 6) is 0.116. The molecular weight excluding hydrogens is 312 g/mol. The van der Waals surface area contributed by atoms with Crippen LogP contribution in [-0.2, 0) is 0 Å². The normalized spacial score (nSPS) is 13.0. The van der Waals surface area contributed by atoms with Crippen molar-refractivity contribution in [3.8, 4) is 5.88 Å². The molecule has 0 aliphatic heterocycles. The van der Waals surface area contributed by atoms with Gasteiger partial charge in [0.15, 0.2) is 0 Å². The predicted octanol–water partition coefficient (Wildman–Crippen LogP) is 2.21. The highest BCUT2D eigenvalue weighted by Crippen LogP contribution is 2.39. The Hall–Kier alpha value is -1.96. The smallest absolute Gasteiger partial charge is 0.230 e. The van der Waals surface area contributed by atoms with Gasteiger partial charge >= 0.3 is 0 Å². The zero-order chi connectivity index (χ0) is 16.4. The molecule has 3 aromatic rings. The maximum absolute atomic E-state index is 10.6. The lowest BCUT2D eigenvalue weighted by molar-refractivity contribution is 0.174. The van der Waals surface area contributed by atoms with Crippen molar-refractivity contribution in [2.24, 2.45) is 0 Å². The fraction of sp³-hybridized carbons (Fsp3) is 0.375. The van der Waals surface area contributed by atoms with Gasteiger partial charge in [0.2, 0.25) is 10.8 Å². The molecule has 6 nitrogen and oxygen atoms in total. The zero-order valence-electron chi connectivity index (χ0n) is 13.2. The molecule has 0 amide bonds. The minimum absolute atomic E-state index is 0.0671. The molecule has 2 heterocycles. The van der Waals surface area contributed by atoms with Crippen molar-refractivity contribution in [3.63, 3.8) is 0 Å². The standard InChI is InChI=1S/C16H20N4O2S/c1-3-19(7-8-21)13(12-6-4-5-11(2)9-12)14-15(22)20-16(23-14)17-10-18-20/h4-6,9-10,13,21-22H,3,7-8H2,1-2H3. The number of benzene rings is 1. The summed E-state index contributed by atoms with van der Waals surface area (Å²) < 4.78 is 1.45. The summed E-state index contributed by atoms with van der Waals surface area (Å²) in [6.45, 7) is 5.45. The molecule has 0 aliphatic rings. The lowest BCUT2D eigenvalue weighted by Gasteiger charge is -2.30. The first kappa shape index (κ1) is 15.9. The van der Waals surface area contributed by atoms with Gasteiger partial charge in [-0.05, 0) is 19.0 Å². The van der Waals surface area contributed by atoms with E-state index in [0.717, 1.165) is 22.5 Å². The van der Waals surface area contributed by atoms with Crippen molar-refractivity contribution in [1.29, 1.82) is 0 Å². The van der Waals surface area contributed by atoms with E-state index in [-0.39, 0.29) is 18.5 Å². The summed E-state index contributed by atoms with van der Waals surface area (Å²) in [5, 5.41) is 24.0. The van der Waals surface area contributed by atoms with Crippen molar-refractivity contribution in [3.05, 3.63) is 46.6 Å². The number of rotatable bonds is 6. The number of likely N-dealkylation sites (N-methyl/N-ethyl adjacent to an activating group) is 1. The molecule has 3 rings (SSSR count). The third-order valence-corrected chi connectivity index (χ3v) is 4.99. The second-order valence-electron chi connectivity index (χ2n) is 5.41. The summed E-state index contributed by atoms with van der Waals surface area (Å²) in [6.07, 6.45) is 1.43. The van der Waals surface area contributed by atoms with Crippen LogP contribution in [0.15, 0.2) is 30.6 Å². The van der Waals surface area contributed by atoms with Gasteiger partial charge in [0, 0.05) is 6.54 Å². The molecule has 0 saturated heterocycles. The summed E-state index contributed by atoms with van der Waals surface area (Å²) in [4.78, 5) is 7.76. The molecule has 1 aromatic carbocycles. The Bertz CT molecular complexity index is 798. The summed E-state index contributed by atoms with van der Waals surface area (Å²) in [6, 6.07) is 8.08. The van der Waals surface area contributed by atoms with Crippen LogP contribution < -0.4 is 0 Å². The van der Waals surface area contributed by atoms with Crippen LogP contribution in [0.25, 0.3) is 4.96 Å². The number of aryl methyl sites for hydroxylation is 1. The molecule has 0 saturated carbocycles. The third kappa shape index (κ3) is 2.95. The minimum Gasteiger partial charge on any atom is -0.492 e. The van der Waals surface area contributed by atoms with E-state index in [1.54, 1.807) is 0 Å². The Morgan fingerprint density at radius 1 is 1.39 bits per heavy atom. The molecule has 0 bridgehead atoms. The topological polar surface area (TPSA) is 73.9 Å². The molecule has 0 radical (unpaired) electrons. The first-order chi connectivity index (χ1) is 11.2. The van der Waals surface area contributed by atoms with Gasteiger partial charge in [-0.1, -0.05) is 48.1 Å². The number of hydrogen-bond donors (Lipinski definition) is 2. The van der Waals surface area contributed by atoms with E-state index in [2.05, 4.69) is 21.0 Å². The largest absolute Gasteiger partial charge is 0.492 e. The Kier molecular flexibility index (Phi) is 4.61. The molecule has 2 N–H and O–H groups in total. The molecule has 2 aromatic heterocycles. The van der Waals surface area contributed by atoms with Crippen molar-refractivity contribution < 1.29 is 10.2 Å². The zero-order valence-corrected chi connectivity index (χ0v) is 14.0. The highest BCUT2D eigenvalue weighted by Gasteiger charge is 2.28. The monoisotopic (exact) mass is 332 g/mol. The van der Waals surface area contributed by atoms with Crippen LogP contribution in [0.5, 0.6) is 5.88 Å². The summed E-state index contributed by atoms with van der Waals surface area (Å²) in [5.41, 5.74) is 2.24. The second-order valence-corrected chi connectivity index (χ2v) is 6.42. The molecule has 23 heavy (non-hydrogen) atoms. The Morgan fingerprint density at radius 2 is 2.22 bits per heavy atom. The fourth-order valence-corrected chi connectivity index (χ4v) is 3.93. The number of aromatic nitrogens is 3. The fourth-order valence-electron chi connectivity index (χ4n) is 2.84. The van der Waals surface area contributed by atoms with Gasteiger partial charge in [-0.15, -0.1) is 0 Å². The Balaban J connectivity index is 2.14. The SMILES string of the molecule is CCN(CCO)C(c1cccc(C)c1)c1sc2ncnn2c1O. The van der Waals surface area contributed by atoms with Gasteiger partial charge in [-0.25, -0.2) is 4.98 Å². The van der Waals surface area contributed by atoms with Crippen LogP contribution in [0.2, 0.25) is 0 Å². The van der Waals surface area contributed by atoms with Crippen molar-refractivity contribution in [2.45, 2.75) is 19.9 Å². The van der Waals surface area contributed by atoms with Crippen LogP contribution in [0, 0.1) is 6.92 Å². The molecule has 0 aliphatic carbocycles. The highest BCUT2D eigenvalue weighted by atomic mass is 32.1. The molecular formula is C16H20N4O2S. The molecule has 0 spiro atoms. The van der Waals surface area contributed by atoms with E-state index in [1.165, 1.54) is 22.2 Å². The highest BCUT2D eigenvalue weighted by molar-refractivity contribution is 7.17. The van der Waals surface area contributed by atoms with Crippen LogP contribution in [0.1, 0.15) is 29.0 Å². The van der Waals surface area contributed by atoms with Crippen LogP contribution in [-0.4, -0.2) is 49.4 Å². The molecule has 0 fully saturated rings. The lowest BCUT2D eigenvalue weighted by atomic mass is 10.0. The maximum atomic E-state index is 10.6. The molecule has 1 unspecified atom stereocenters. The van der Waals surface area contributed by atoms with Gasteiger partial charge in [-0.3, -0.25) is 4.90 Å². The van der Waals surface area contributed by atoms with Gasteiger partial charge in [-0.2, -0.15) is 9.61 Å². The Labute approximate surface area is 138 Å². The number of aromatic hydroxyl groups is 1. The van der Waals surface area contributed by atoms with Gasteiger partial charge < -0.3 is 10.2 Å². The van der Waals surface area contributed by atoms with E-state index < -0.39 is 0 Å². The number of aliphatic hydroxyl groups excluding tert-OH is 1. The number of fused-ring (bicyclic) bond motifs is 1. The first-order valence-corrected chi connectivity index (χ1v) is 8.40. The average Bonchev–Trinajstić information content (AvgIpc) is 3.11. The quantitative estimate of drug-likeness (QED) is 0.724. The maximum Gasteiger partial charge on any atom is 0.230 e. The number of thiazole rings is 1. The van der Waals surface area contributed by atoms with Crippen molar-refractivity contribution >= 4 is 16.3 Å². The number of nitrogens with zero attached hydrogens (tertiary/aromatic N) is 4. The second kappa shape index (κ2) is 6.66. The van der Waals surface area contributed by atoms with E-state index in [9.17, 15) is 10.2 Å². The summed E-state index contributed by atoms with van der Waals surface area (Å²) in [7, 11) is 0. The average molecular weight is 332 g/mol. The molecule has 122 valence electrons. The van der Waals surface area contributed by atoms with E-state index in [0.29, 0.717) is 11.5 Å². The van der Waals surface area contributed by atoms with Crippen LogP contribution in [0.3, 0.4) is 0 Å². The lowest BCUT2D eigenvalue weighted by Crippen LogP contribution is -2.31. The Morgan fingerprint density at radius 3 is 2.87 bits per heavy atom. The third-order valence-electron chi connectivity index (χ3n) is 3.90. The van der Waals surface area contributed by atoms with Gasteiger partial charge in [0.1, 0.15) is 6.33 Å². The summed E-state index contributed by atoms with van der Waals surface area (Å²) >= 11 is 1.42. The van der Waals surface area contributed by atoms with E-state index >= 15 is 0 Å². The van der Waals surface area contributed by atoms with Crippen LogP contribution in [0.4, 0.5) is 0 Å². The number of hydrogen-bond acceptors (Lipinski definition) is 6. The van der Waals surface area contributed by atoms with Crippen LogP contribution >= 0.6 is 11.3 Å². The first-order valence-electron chi connectivity index (χ1n) is 7.58. The van der Waals surface area contributed by atoms with Crippen molar-refractivity contribution in [1.82, 2.24) is 19.5 Å². The van der Waals surface area contributed by atoms with E-state index in [1.807, 2.05) is 32.0 Å².